The van der Waals surface area contributed by atoms with E-state index in [2.05, 4.69) is 73.7 Å². The molecule has 0 unspecified atom stereocenters. The lowest BCUT2D eigenvalue weighted by Gasteiger charge is -2.35. The number of hydrogen-bond acceptors (Lipinski definition) is 10. The number of β-amino-alcohol motifs (C(OH)–C–C–N with tert-alkyl or cyclic N) is 1. The van der Waals surface area contributed by atoms with Crippen LogP contribution in [0.5, 0.6) is 0 Å². The van der Waals surface area contributed by atoms with Crippen molar-refractivity contribution in [2.45, 2.75) is 161 Å². The molecular formula is C67H79N9O6S. The molecule has 4 amide bonds. The van der Waals surface area contributed by atoms with Gasteiger partial charge in [0.25, 0.3) is 0 Å². The van der Waals surface area contributed by atoms with Gasteiger partial charge in [0.1, 0.15) is 23.2 Å². The summed E-state index contributed by atoms with van der Waals surface area (Å²) in [7, 11) is 0. The highest BCUT2D eigenvalue weighted by molar-refractivity contribution is 7.13. The van der Waals surface area contributed by atoms with Gasteiger partial charge in [-0.1, -0.05) is 143 Å². The SMILES string of the molecule is Cc1ncsc1-c1ccc(CNC(=O)[C@@H]2C[C@@H](O)CN2C(=O)[C@@H](NC(=O)CCCCCCNC(=O)CCCCC#Cc2cccc(Cn3c(-c4ccccc4)c(-c4ccccc4)c4c(=N)n(C5CCC(O)CC5)cnc43)c2)C(C)(C)C)cc1. The van der Waals surface area contributed by atoms with Gasteiger partial charge in [-0.25, -0.2) is 9.97 Å². The van der Waals surface area contributed by atoms with Crippen LogP contribution >= 0.6 is 11.3 Å². The Bertz CT molecular complexity index is 3480. The Morgan fingerprint density at radius 1 is 0.759 bits per heavy atom. The molecule has 7 aromatic rings. The van der Waals surface area contributed by atoms with E-state index in [1.165, 1.54) is 4.90 Å². The van der Waals surface area contributed by atoms with E-state index in [1.54, 1.807) is 11.3 Å². The van der Waals surface area contributed by atoms with Crippen molar-refractivity contribution in [1.82, 2.24) is 40.0 Å². The molecule has 16 heteroatoms. The molecule has 434 valence electrons. The summed E-state index contributed by atoms with van der Waals surface area (Å²) in [6.07, 6.45) is 9.73. The summed E-state index contributed by atoms with van der Waals surface area (Å²) >= 11 is 1.58. The quantitative estimate of drug-likeness (QED) is 0.0284. The predicted octanol–water partition coefficient (Wildman–Crippen LogP) is 10.4. The Hall–Kier alpha value is -7.71. The summed E-state index contributed by atoms with van der Waals surface area (Å²) in [6, 6.07) is 35.2. The maximum absolute atomic E-state index is 14.1. The molecule has 3 aromatic heterocycles. The first-order valence-corrected chi connectivity index (χ1v) is 30.4. The van der Waals surface area contributed by atoms with Crippen molar-refractivity contribution in [3.8, 4) is 44.7 Å². The number of nitrogens with one attached hydrogen (secondary N) is 4. The fourth-order valence-electron chi connectivity index (χ4n) is 11.5. The number of thiazole rings is 1. The number of rotatable bonds is 22. The van der Waals surface area contributed by atoms with E-state index in [-0.39, 0.29) is 61.7 Å². The second-order valence-corrected chi connectivity index (χ2v) is 24.2. The molecule has 15 nitrogen and oxygen atoms in total. The number of aliphatic hydroxyl groups excluding tert-OH is 2. The summed E-state index contributed by atoms with van der Waals surface area (Å²) in [5.41, 5.74) is 11.3. The van der Waals surface area contributed by atoms with Gasteiger partial charge in [-0.3, -0.25) is 24.6 Å². The van der Waals surface area contributed by atoms with Gasteiger partial charge in [-0.15, -0.1) is 11.3 Å². The predicted molar refractivity (Wildman–Crippen MR) is 327 cm³/mol. The number of benzene rings is 4. The number of aryl methyl sites for hydroxylation is 1. The van der Waals surface area contributed by atoms with Crippen LogP contribution in [0.25, 0.3) is 43.9 Å². The van der Waals surface area contributed by atoms with E-state index in [0.29, 0.717) is 50.7 Å². The lowest BCUT2D eigenvalue weighted by atomic mass is 9.85. The number of aliphatic hydroxyl groups is 2. The maximum atomic E-state index is 14.1. The van der Waals surface area contributed by atoms with Crippen LogP contribution in [0.4, 0.5) is 0 Å². The van der Waals surface area contributed by atoms with Gasteiger partial charge in [-0.05, 0) is 104 Å². The maximum Gasteiger partial charge on any atom is 0.246 e. The van der Waals surface area contributed by atoms with Crippen LogP contribution in [0.15, 0.2) is 121 Å². The average Bonchev–Trinajstić information content (AvgIpc) is 4.40. The zero-order chi connectivity index (χ0) is 58.5. The number of carbonyl (C=O) groups is 4. The van der Waals surface area contributed by atoms with Crippen LogP contribution in [-0.4, -0.2) is 95.2 Å². The van der Waals surface area contributed by atoms with Crippen LogP contribution in [-0.2, 0) is 32.3 Å². The molecule has 2 aliphatic rings. The summed E-state index contributed by atoms with van der Waals surface area (Å²) in [5, 5.41) is 40.3. The van der Waals surface area contributed by atoms with Gasteiger partial charge >= 0.3 is 0 Å². The van der Waals surface area contributed by atoms with E-state index in [4.69, 9.17) is 4.98 Å². The molecule has 4 heterocycles. The first-order valence-electron chi connectivity index (χ1n) is 29.5. The molecule has 2 fully saturated rings. The van der Waals surface area contributed by atoms with E-state index in [0.717, 1.165) is 111 Å². The summed E-state index contributed by atoms with van der Waals surface area (Å²) < 4.78 is 4.25. The molecule has 0 spiro atoms. The van der Waals surface area contributed by atoms with Crippen molar-refractivity contribution in [3.05, 3.63) is 149 Å². The molecule has 6 N–H and O–H groups in total. The Labute approximate surface area is 491 Å². The van der Waals surface area contributed by atoms with Crippen LogP contribution in [0.1, 0.15) is 139 Å². The fourth-order valence-corrected chi connectivity index (χ4v) is 12.3. The molecule has 3 atom stereocenters. The number of unbranched alkanes of at least 4 members (excludes halogenated alkanes) is 5. The minimum Gasteiger partial charge on any atom is -0.393 e. The van der Waals surface area contributed by atoms with Crippen molar-refractivity contribution in [2.75, 3.05) is 13.1 Å². The molecule has 1 aliphatic heterocycles. The first-order chi connectivity index (χ1) is 40.1. The Morgan fingerprint density at radius 2 is 1.46 bits per heavy atom. The number of hydrogen-bond donors (Lipinski definition) is 6. The highest BCUT2D eigenvalue weighted by atomic mass is 32.1. The largest absolute Gasteiger partial charge is 0.393 e. The standard InChI is InChI=1S/C67H79N9O6S/c1-45-61(83-44-72-45)51-31-29-47(30-32-51)40-70-65(81)55-39-54(78)42-74(55)66(82)62(67(2,3)4)73-57(80)28-17-7-8-18-37-69-56(79)27-16-6-5-11-20-46-21-19-22-48(38-46)41-75-60(50-25-14-10-15-26-50)58(49-23-12-9-13-24-49)59-63(68)76(43-71-64(59)75)52-33-35-53(77)36-34-52/h9-10,12-15,19,21-26,29-32,38,43-44,52-55,62,68,77-78H,5-8,16-18,27-28,33-37,39-42H2,1-4H3,(H,69,79)(H,70,81)(H,73,80)/t52?,53?,54-,55+,62-/m1/s1. The molecule has 0 radical (unpaired) electrons. The Morgan fingerprint density at radius 3 is 2.17 bits per heavy atom. The monoisotopic (exact) mass is 1140 g/mol. The number of nitrogens with zero attached hydrogens (tertiary/aromatic N) is 5. The zero-order valence-electron chi connectivity index (χ0n) is 48.3. The number of aromatic nitrogens is 4. The first kappa shape index (κ1) is 59.9. The van der Waals surface area contributed by atoms with Crippen LogP contribution in [0.3, 0.4) is 0 Å². The van der Waals surface area contributed by atoms with E-state index < -0.39 is 23.6 Å². The molecule has 0 bridgehead atoms. The molecule has 9 rings (SSSR count). The smallest absolute Gasteiger partial charge is 0.246 e. The van der Waals surface area contributed by atoms with Crippen LogP contribution < -0.4 is 21.4 Å². The minimum atomic E-state index is -0.888. The van der Waals surface area contributed by atoms with Gasteiger partial charge in [0, 0.05) is 69.0 Å². The summed E-state index contributed by atoms with van der Waals surface area (Å²) in [6.45, 7) is 8.97. The minimum absolute atomic E-state index is 0.0114. The highest BCUT2D eigenvalue weighted by Gasteiger charge is 2.44. The average molecular weight is 1140 g/mol. The van der Waals surface area contributed by atoms with E-state index >= 15 is 0 Å². The van der Waals surface area contributed by atoms with Gasteiger partial charge in [0.2, 0.25) is 23.6 Å². The van der Waals surface area contributed by atoms with Crippen molar-refractivity contribution in [1.29, 1.82) is 5.41 Å². The molecule has 1 aliphatic carbocycles. The van der Waals surface area contributed by atoms with E-state index in [1.807, 2.05) is 117 Å². The zero-order valence-corrected chi connectivity index (χ0v) is 49.1. The molecule has 1 saturated heterocycles. The second-order valence-electron chi connectivity index (χ2n) is 23.4. The molecule has 83 heavy (non-hydrogen) atoms. The summed E-state index contributed by atoms with van der Waals surface area (Å²) in [4.78, 5) is 65.5. The normalized spacial score (nSPS) is 17.4. The van der Waals surface area contributed by atoms with Gasteiger partial charge in [-0.2, -0.15) is 0 Å². The van der Waals surface area contributed by atoms with Gasteiger partial charge in [0.15, 0.2) is 0 Å². The molecule has 4 aromatic carbocycles. The van der Waals surface area contributed by atoms with Crippen molar-refractivity contribution < 1.29 is 29.4 Å². The third-order valence-corrected chi connectivity index (χ3v) is 17.0. The second kappa shape index (κ2) is 28.0. The Balaban J connectivity index is 0.701. The summed E-state index contributed by atoms with van der Waals surface area (Å²) in [5.74, 6) is 5.72. The lowest BCUT2D eigenvalue weighted by Crippen LogP contribution is -2.57. The number of amides is 4. The third-order valence-electron chi connectivity index (χ3n) is 16.0. The third kappa shape index (κ3) is 15.3. The molecular weight excluding hydrogens is 1060 g/mol. The van der Waals surface area contributed by atoms with Crippen molar-refractivity contribution in [3.63, 3.8) is 0 Å². The van der Waals surface area contributed by atoms with Gasteiger partial charge < -0.3 is 40.2 Å². The van der Waals surface area contributed by atoms with Crippen LogP contribution in [0, 0.1) is 29.6 Å². The van der Waals surface area contributed by atoms with Gasteiger partial charge in [0.05, 0.1) is 45.7 Å². The number of likely N-dealkylation sites (tertiary alicyclic amines) is 1. The fraction of sp³-hybridized carbons (Fsp3) is 0.418. The molecule has 1 saturated carbocycles. The van der Waals surface area contributed by atoms with Crippen LogP contribution in [0.2, 0.25) is 0 Å². The number of carbonyl (C=O) groups excluding carboxylic acids is 4. The Kier molecular flexibility index (Phi) is 20.2. The number of fused-ring (bicyclic) bond motifs is 1. The highest BCUT2D eigenvalue weighted by Crippen LogP contribution is 2.40. The van der Waals surface area contributed by atoms with E-state index in [9.17, 15) is 34.8 Å². The topological polar surface area (TPSA) is 208 Å². The van der Waals surface area contributed by atoms with Crippen molar-refractivity contribution in [2.24, 2.45) is 5.41 Å². The van der Waals surface area contributed by atoms with Crippen molar-refractivity contribution >= 4 is 46.0 Å². The lowest BCUT2D eigenvalue weighted by molar-refractivity contribution is -0.144.